The Morgan fingerprint density at radius 2 is 0.635 bits per heavy atom. The summed E-state index contributed by atoms with van der Waals surface area (Å²) in [4.78, 5) is 0. The molecule has 0 bridgehead atoms. The molecule has 0 saturated heterocycles. The zero-order chi connectivity index (χ0) is 81.2. The molecule has 530 valence electrons. The largest absolute Gasteiger partial charge is 0.0683 e. The van der Waals surface area contributed by atoms with Gasteiger partial charge in [0.05, 0.1) is 0 Å². The van der Waals surface area contributed by atoms with Crippen LogP contribution in [0, 0.1) is 69.4 Å². The molecular weight excluding hydrogens is 1020 g/mol. The third-order valence-electron chi connectivity index (χ3n) is 13.8. The van der Waals surface area contributed by atoms with Crippen LogP contribution in [0.1, 0.15) is 505 Å². The van der Waals surface area contributed by atoms with Crippen LogP contribution < -0.4 is 0 Å². The molecule has 0 nitrogen and oxygen atoms in total. The molecule has 0 atom stereocenters. The fourth-order valence-electron chi connectivity index (χ4n) is 8.09. The van der Waals surface area contributed by atoms with Crippen LogP contribution in [0.3, 0.4) is 0 Å². The Labute approximate surface area is 572 Å². The van der Waals surface area contributed by atoms with E-state index in [0.717, 1.165) is 68.6 Å². The number of unbranched alkanes of at least 4 members (excludes halogenated alkanes) is 3. The third-order valence-corrected chi connectivity index (χ3v) is 13.8. The normalized spacial score (nSPS) is 21.2. The van der Waals surface area contributed by atoms with Crippen molar-refractivity contribution in [1.82, 2.24) is 0 Å². The minimum Gasteiger partial charge on any atom is -0.0683 e. The van der Waals surface area contributed by atoms with Crippen molar-refractivity contribution in [3.8, 4) is 0 Å². The third kappa shape index (κ3) is 138. The van der Waals surface area contributed by atoms with Gasteiger partial charge in [0.2, 0.25) is 0 Å². The molecule has 0 heteroatoms. The molecule has 0 heterocycles. The Hall–Kier alpha value is 0. The van der Waals surface area contributed by atoms with E-state index < -0.39 is 31.9 Å². The molecule has 6 fully saturated rings. The summed E-state index contributed by atoms with van der Waals surface area (Å²) in [5, 5.41) is 0. The van der Waals surface area contributed by atoms with Crippen LogP contribution in [-0.2, 0) is 0 Å². The molecule has 6 saturated carbocycles. The van der Waals surface area contributed by atoms with Gasteiger partial charge in [-0.25, -0.2) is 0 Å². The first-order valence-corrected chi connectivity index (χ1v) is 37.2. The molecule has 6 aliphatic carbocycles. The summed E-state index contributed by atoms with van der Waals surface area (Å²) in [7, 11) is 0. The number of hydrogen-bond acceptors (Lipinski definition) is 0. The minimum atomic E-state index is -1.06. The first kappa shape index (κ1) is 75.7. The van der Waals surface area contributed by atoms with Crippen molar-refractivity contribution in [2.45, 2.75) is 486 Å². The van der Waals surface area contributed by atoms with E-state index in [9.17, 15) is 0 Å². The maximum atomic E-state index is 7.63. The Bertz CT molecular complexity index is 1500. The number of hydrogen-bond donors (Lipinski definition) is 0. The molecule has 0 unspecified atom stereocenters. The lowest BCUT2D eigenvalue weighted by atomic mass is 9.70. The van der Waals surface area contributed by atoms with Crippen LogP contribution in [0.2, 0.25) is 0 Å². The van der Waals surface area contributed by atoms with Gasteiger partial charge >= 0.3 is 0 Å². The summed E-state index contributed by atoms with van der Waals surface area (Å²) >= 11 is 0. The molecule has 0 N–H and O–H groups in total. The van der Waals surface area contributed by atoms with E-state index in [1.54, 1.807) is 60.3 Å². The van der Waals surface area contributed by atoms with Crippen LogP contribution in [0.25, 0.3) is 0 Å². The lowest BCUT2D eigenvalue weighted by Crippen LogP contribution is -2.23. The fourth-order valence-corrected chi connectivity index (χ4v) is 8.09. The van der Waals surface area contributed by atoms with Gasteiger partial charge in [0.15, 0.2) is 0 Å². The highest BCUT2D eigenvalue weighted by Gasteiger charge is 2.36. The summed E-state index contributed by atoms with van der Waals surface area (Å²) in [6.07, 6.45) is 37.6. The van der Waals surface area contributed by atoms with Gasteiger partial charge in [-0.05, 0) is 95.1 Å². The summed E-state index contributed by atoms with van der Waals surface area (Å²) in [6.45, 7) is 69.4. The van der Waals surface area contributed by atoms with Crippen molar-refractivity contribution in [2.75, 3.05) is 0 Å². The van der Waals surface area contributed by atoms with Gasteiger partial charge in [0, 0.05) is 19.2 Å². The SMILES string of the molecule is CC.CC(C)(C)C.CC(C)C.CC1CCC2(CCCC2)CC1.CCC.CCCC.CCCCC.[2H]C(C)(C)C.[2H]C(C)(C)C.[2H]C([2H])(C)C(C)(C)C.[2H]C([2H])(C)C(C)C.[2H]C([2H])(C)C1CCCC1.[2H]C([2H])(C)C1CCCCC1.[2H]C([2H])(C)CC.[2H]C1(C)CCCC1.[2H]C1(C)CCCCC1. The second-order valence-corrected chi connectivity index (χ2v) is 29.9. The molecular formula is C85H190. The van der Waals surface area contributed by atoms with Gasteiger partial charge in [-0.1, -0.05) is 460 Å². The van der Waals surface area contributed by atoms with Crippen molar-refractivity contribution in [3.05, 3.63) is 0 Å². The van der Waals surface area contributed by atoms with E-state index in [4.69, 9.17) is 19.2 Å². The second-order valence-electron chi connectivity index (χ2n) is 29.9. The Morgan fingerprint density at radius 3 is 0.776 bits per heavy atom. The maximum absolute atomic E-state index is 7.63. The summed E-state index contributed by atoms with van der Waals surface area (Å²) in [5.41, 5.74) is 1.12. The smallest absolute Gasteiger partial charge is 0.0300 e. The molecule has 6 aliphatic rings. The van der Waals surface area contributed by atoms with E-state index in [2.05, 4.69) is 96.9 Å². The summed E-state index contributed by atoms with van der Waals surface area (Å²) in [5.74, 6) is 2.05. The Kier molecular flexibility index (Phi) is 74.8. The van der Waals surface area contributed by atoms with Crippen LogP contribution in [0.5, 0.6) is 0 Å². The van der Waals surface area contributed by atoms with Crippen LogP contribution in [0.4, 0.5) is 0 Å². The standard InChI is InChI=1S/C11H20.C8H16.2C7H14.C6H12.C6H14.3C5H12.5C4H10.C3H8.C2H6/c1-10-4-8-11(9-5-10)6-2-3-7-11;1-2-8-6-4-3-5-7-8;1-7-5-3-2-4-6-7;1-2-7-5-3-4-6-7;1-6-4-2-3-5-6;1-5-6(2,3)4;1-5(2,3)4;1-4-5(2)3;1-3-5-4-2;3*1-4(2)3;2*1-3-4-2;1-3-2;1-2/h10H,2-9H2,1H3;8H,2-7H2,1H3;2*7H,2-6H2,1H3;6H,2-5H2,1H3;5H2,1-4H3;1-4H3;5H,4H2,1-3H3;3-5H2,1-2H3;3*4H,1-3H3;2*3-4H2,1-2H3;3H2,1-2H3;1-2H3/i;2D2;7D;2D2;6D;5D2;;4D2;;2*4D;;3D2;;;. The van der Waals surface area contributed by atoms with Crippen molar-refractivity contribution in [1.29, 1.82) is 0 Å². The molecule has 6 rings (SSSR count). The molecule has 0 aromatic rings. The van der Waals surface area contributed by atoms with Crippen molar-refractivity contribution >= 4 is 0 Å². The average molecular weight is 1230 g/mol. The Balaban J connectivity index is -0.000000108. The Morgan fingerprint density at radius 1 is 0.412 bits per heavy atom. The highest BCUT2D eigenvalue weighted by Crippen LogP contribution is 2.50. The molecule has 0 amide bonds. The zero-order valence-electron chi connectivity index (χ0n) is 81.2. The van der Waals surface area contributed by atoms with Crippen LogP contribution in [-0.4, -0.2) is 0 Å². The van der Waals surface area contributed by atoms with Crippen LogP contribution >= 0.6 is 0 Å². The highest BCUT2D eigenvalue weighted by molar-refractivity contribution is 4.88. The first-order valence-electron chi connectivity index (χ1n) is 44.2. The summed E-state index contributed by atoms with van der Waals surface area (Å²) in [6, 6.07) is 0. The van der Waals surface area contributed by atoms with E-state index in [-0.39, 0.29) is 34.9 Å². The van der Waals surface area contributed by atoms with Gasteiger partial charge in [-0.15, -0.1) is 0 Å². The summed E-state index contributed by atoms with van der Waals surface area (Å²) < 4.78 is 101. The molecule has 0 radical (unpaired) electrons. The van der Waals surface area contributed by atoms with E-state index in [1.165, 1.54) is 128 Å². The van der Waals surface area contributed by atoms with Gasteiger partial charge in [-0.3, -0.25) is 0 Å². The van der Waals surface area contributed by atoms with E-state index in [1.807, 2.05) is 111 Å². The first-order chi connectivity index (χ1) is 44.2. The van der Waals surface area contributed by atoms with Crippen LogP contribution in [0.15, 0.2) is 0 Å². The quantitative estimate of drug-likeness (QED) is 0.238. The predicted molar refractivity (Wildman–Crippen MR) is 413 cm³/mol. The topological polar surface area (TPSA) is 0 Å². The molecule has 1 spiro atoms. The maximum Gasteiger partial charge on any atom is 0.0300 e. The second kappa shape index (κ2) is 84.0. The van der Waals surface area contributed by atoms with Gasteiger partial charge in [-0.2, -0.15) is 0 Å². The molecule has 0 aliphatic heterocycles. The highest BCUT2D eigenvalue weighted by atomic mass is 14.4. The van der Waals surface area contributed by atoms with Gasteiger partial charge in [0.1, 0.15) is 0 Å². The van der Waals surface area contributed by atoms with Crippen molar-refractivity contribution < 1.29 is 19.2 Å². The number of rotatable bonds is 7. The van der Waals surface area contributed by atoms with Crippen molar-refractivity contribution in [3.63, 3.8) is 0 Å². The fraction of sp³-hybridized carbons (Fsp3) is 1.00. The molecule has 85 heavy (non-hydrogen) atoms. The minimum absolute atomic E-state index is 0.0556. The lowest BCUT2D eigenvalue weighted by molar-refractivity contribution is 0.162. The van der Waals surface area contributed by atoms with E-state index in [0.29, 0.717) is 23.7 Å². The molecule has 0 aromatic heterocycles. The van der Waals surface area contributed by atoms with Gasteiger partial charge < -0.3 is 0 Å². The monoisotopic (exact) mass is 1230 g/mol. The lowest BCUT2D eigenvalue weighted by Gasteiger charge is -2.36. The van der Waals surface area contributed by atoms with Gasteiger partial charge in [0.25, 0.3) is 0 Å². The zero-order valence-corrected chi connectivity index (χ0v) is 67.2. The average Bonchev–Trinajstić information content (AvgIpc) is 1.76. The van der Waals surface area contributed by atoms with E-state index >= 15 is 0 Å². The predicted octanol–water partition coefficient (Wildman–Crippen LogP) is 33.9. The van der Waals surface area contributed by atoms with Crippen molar-refractivity contribution in [2.24, 2.45) is 69.4 Å². The molecule has 0 aromatic carbocycles.